The molecule has 0 N–H and O–H groups in total. The van der Waals surface area contributed by atoms with Crippen molar-refractivity contribution in [3.8, 4) is 0 Å². The maximum Gasteiger partial charge on any atom is 0.0572 e. The number of thiophene rings is 1. The van der Waals surface area contributed by atoms with Crippen LogP contribution < -0.4 is 0 Å². The van der Waals surface area contributed by atoms with Gasteiger partial charge in [-0.3, -0.25) is 9.88 Å². The predicted molar refractivity (Wildman–Crippen MR) is 73.2 cm³/mol. The topological polar surface area (TPSA) is 16.1 Å². The zero-order valence-electron chi connectivity index (χ0n) is 10.6. The van der Waals surface area contributed by atoms with Crippen molar-refractivity contribution < 1.29 is 0 Å². The largest absolute Gasteiger partial charge is 0.293 e. The fourth-order valence-corrected chi connectivity index (χ4v) is 2.75. The van der Waals surface area contributed by atoms with Gasteiger partial charge in [0.2, 0.25) is 0 Å². The molecule has 1 atom stereocenters. The number of aromatic nitrogens is 1. The molecule has 1 unspecified atom stereocenters. The Morgan fingerprint density at radius 2 is 2.18 bits per heavy atom. The van der Waals surface area contributed by atoms with Gasteiger partial charge in [-0.1, -0.05) is 6.07 Å². The first-order valence-electron chi connectivity index (χ1n) is 5.82. The molecule has 0 spiro atoms. The second-order valence-corrected chi connectivity index (χ2v) is 5.37. The first-order chi connectivity index (χ1) is 8.18. The molecular formula is C14H18N2S. The Labute approximate surface area is 107 Å². The molecule has 0 bridgehead atoms. The number of hydrogen-bond acceptors (Lipinski definition) is 3. The van der Waals surface area contributed by atoms with Crippen molar-refractivity contribution in [1.82, 2.24) is 9.88 Å². The van der Waals surface area contributed by atoms with Crippen LogP contribution in [0.1, 0.15) is 29.1 Å². The molecule has 17 heavy (non-hydrogen) atoms. The van der Waals surface area contributed by atoms with Gasteiger partial charge < -0.3 is 0 Å². The maximum absolute atomic E-state index is 4.41. The van der Waals surface area contributed by atoms with E-state index in [1.165, 1.54) is 10.4 Å². The molecule has 0 aromatic carbocycles. The van der Waals surface area contributed by atoms with Gasteiger partial charge >= 0.3 is 0 Å². The normalized spacial score (nSPS) is 12.9. The molecule has 2 aromatic heterocycles. The van der Waals surface area contributed by atoms with E-state index in [9.17, 15) is 0 Å². The molecule has 0 fully saturated rings. The lowest BCUT2D eigenvalue weighted by Crippen LogP contribution is -2.22. The highest BCUT2D eigenvalue weighted by molar-refractivity contribution is 7.10. The Bertz CT molecular complexity index is 464. The Kier molecular flexibility index (Phi) is 3.92. The summed E-state index contributed by atoms with van der Waals surface area (Å²) >= 11 is 1.83. The van der Waals surface area contributed by atoms with Crippen LogP contribution in [0.2, 0.25) is 0 Å². The van der Waals surface area contributed by atoms with Gasteiger partial charge in [0.15, 0.2) is 0 Å². The third kappa shape index (κ3) is 2.93. The molecule has 0 saturated heterocycles. The Balaban J connectivity index is 2.06. The van der Waals surface area contributed by atoms with Gasteiger partial charge in [0.05, 0.1) is 5.69 Å². The molecular weight excluding hydrogens is 228 g/mol. The van der Waals surface area contributed by atoms with Gasteiger partial charge in [0.1, 0.15) is 0 Å². The summed E-state index contributed by atoms with van der Waals surface area (Å²) in [5, 5.41) is 2.16. The predicted octanol–water partition coefficient (Wildman–Crippen LogP) is 3.64. The van der Waals surface area contributed by atoms with Crippen LogP contribution in [0.3, 0.4) is 0 Å². The second kappa shape index (κ2) is 5.43. The van der Waals surface area contributed by atoms with Crippen molar-refractivity contribution in [1.29, 1.82) is 0 Å². The number of pyridine rings is 1. The van der Waals surface area contributed by atoms with Crippen molar-refractivity contribution in [3.05, 3.63) is 52.0 Å². The summed E-state index contributed by atoms with van der Waals surface area (Å²) in [4.78, 5) is 8.19. The first-order valence-corrected chi connectivity index (χ1v) is 6.70. The molecule has 0 amide bonds. The van der Waals surface area contributed by atoms with Gasteiger partial charge in [0.25, 0.3) is 0 Å². The maximum atomic E-state index is 4.41. The summed E-state index contributed by atoms with van der Waals surface area (Å²) in [5.41, 5.74) is 2.51. The molecule has 2 rings (SSSR count). The average molecular weight is 246 g/mol. The fraction of sp³-hybridized carbons (Fsp3) is 0.357. The van der Waals surface area contributed by atoms with Crippen LogP contribution in [0.4, 0.5) is 0 Å². The van der Waals surface area contributed by atoms with E-state index in [4.69, 9.17) is 0 Å². The molecule has 2 heterocycles. The van der Waals surface area contributed by atoms with Crippen LogP contribution in [-0.4, -0.2) is 16.9 Å². The van der Waals surface area contributed by atoms with E-state index in [2.05, 4.69) is 48.3 Å². The van der Waals surface area contributed by atoms with Crippen molar-refractivity contribution in [2.75, 3.05) is 7.05 Å². The SMILES string of the molecule is Cc1ccsc1CN(C)C(C)c1ccccn1. The summed E-state index contributed by atoms with van der Waals surface area (Å²) in [6, 6.07) is 8.61. The Morgan fingerprint density at radius 3 is 2.76 bits per heavy atom. The van der Waals surface area contributed by atoms with Crippen LogP contribution in [-0.2, 0) is 6.54 Å². The molecule has 3 heteroatoms. The fourth-order valence-electron chi connectivity index (χ4n) is 1.78. The van der Waals surface area contributed by atoms with Crippen molar-refractivity contribution in [3.63, 3.8) is 0 Å². The highest BCUT2D eigenvalue weighted by atomic mass is 32.1. The number of rotatable bonds is 4. The number of aryl methyl sites for hydroxylation is 1. The quantitative estimate of drug-likeness (QED) is 0.818. The van der Waals surface area contributed by atoms with Gasteiger partial charge in [-0.2, -0.15) is 0 Å². The van der Waals surface area contributed by atoms with Gasteiger partial charge in [-0.15, -0.1) is 11.3 Å². The molecule has 0 aliphatic heterocycles. The smallest absolute Gasteiger partial charge is 0.0572 e. The van der Waals surface area contributed by atoms with Crippen molar-refractivity contribution in [2.24, 2.45) is 0 Å². The van der Waals surface area contributed by atoms with Gasteiger partial charge in [-0.05, 0) is 50.0 Å². The van der Waals surface area contributed by atoms with Crippen LogP contribution >= 0.6 is 11.3 Å². The Hall–Kier alpha value is -1.19. The van der Waals surface area contributed by atoms with Crippen LogP contribution in [0, 0.1) is 6.92 Å². The highest BCUT2D eigenvalue weighted by Crippen LogP contribution is 2.22. The van der Waals surface area contributed by atoms with Crippen LogP contribution in [0.5, 0.6) is 0 Å². The van der Waals surface area contributed by atoms with E-state index in [0.29, 0.717) is 6.04 Å². The zero-order chi connectivity index (χ0) is 12.3. The summed E-state index contributed by atoms with van der Waals surface area (Å²) in [6.45, 7) is 5.36. The zero-order valence-corrected chi connectivity index (χ0v) is 11.4. The first kappa shape index (κ1) is 12.3. The van der Waals surface area contributed by atoms with Crippen LogP contribution in [0.25, 0.3) is 0 Å². The molecule has 90 valence electrons. The number of nitrogens with zero attached hydrogens (tertiary/aromatic N) is 2. The lowest BCUT2D eigenvalue weighted by Gasteiger charge is -2.23. The summed E-state index contributed by atoms with van der Waals surface area (Å²) < 4.78 is 0. The van der Waals surface area contributed by atoms with E-state index in [1.807, 2.05) is 29.7 Å². The minimum Gasteiger partial charge on any atom is -0.293 e. The molecule has 0 aliphatic rings. The van der Waals surface area contributed by atoms with Gasteiger partial charge in [-0.25, -0.2) is 0 Å². The summed E-state index contributed by atoms with van der Waals surface area (Å²) in [6.07, 6.45) is 1.86. The van der Waals surface area contributed by atoms with Crippen molar-refractivity contribution >= 4 is 11.3 Å². The van der Waals surface area contributed by atoms with Crippen molar-refractivity contribution in [2.45, 2.75) is 26.4 Å². The van der Waals surface area contributed by atoms with E-state index < -0.39 is 0 Å². The van der Waals surface area contributed by atoms with E-state index in [-0.39, 0.29) is 0 Å². The lowest BCUT2D eigenvalue weighted by atomic mass is 10.2. The lowest BCUT2D eigenvalue weighted by molar-refractivity contribution is 0.250. The van der Waals surface area contributed by atoms with Gasteiger partial charge in [0, 0.05) is 23.7 Å². The monoisotopic (exact) mass is 246 g/mol. The Morgan fingerprint density at radius 1 is 1.35 bits per heavy atom. The second-order valence-electron chi connectivity index (χ2n) is 4.37. The van der Waals surface area contributed by atoms with Crippen LogP contribution in [0.15, 0.2) is 35.8 Å². The highest BCUT2D eigenvalue weighted by Gasteiger charge is 2.14. The molecule has 2 nitrogen and oxygen atoms in total. The molecule has 0 radical (unpaired) electrons. The average Bonchev–Trinajstić information content (AvgIpc) is 2.75. The van der Waals surface area contributed by atoms with E-state index in [1.54, 1.807) is 0 Å². The summed E-state index contributed by atoms with van der Waals surface area (Å²) in [5.74, 6) is 0. The third-order valence-corrected chi connectivity index (χ3v) is 4.15. The standard InChI is InChI=1S/C14H18N2S/c1-11-7-9-17-14(11)10-16(3)12(2)13-6-4-5-8-15-13/h4-9,12H,10H2,1-3H3. The molecule has 2 aromatic rings. The number of hydrogen-bond donors (Lipinski definition) is 0. The molecule has 0 aliphatic carbocycles. The third-order valence-electron chi connectivity index (χ3n) is 3.14. The van der Waals surface area contributed by atoms with E-state index >= 15 is 0 Å². The molecule has 0 saturated carbocycles. The minimum absolute atomic E-state index is 0.345. The summed E-state index contributed by atoms with van der Waals surface area (Å²) in [7, 11) is 2.15. The van der Waals surface area contributed by atoms with E-state index in [0.717, 1.165) is 12.2 Å². The minimum atomic E-state index is 0.345.